The monoisotopic (exact) mass is 154 g/mol. The molecule has 1 rings (SSSR count). The average molecular weight is 154 g/mol. The van der Waals surface area contributed by atoms with E-state index in [4.69, 9.17) is 0 Å². The third-order valence-electron chi connectivity index (χ3n) is 1.92. The summed E-state index contributed by atoms with van der Waals surface area (Å²) in [4.78, 5) is 0. The van der Waals surface area contributed by atoms with Gasteiger partial charge in [0.15, 0.2) is 0 Å². The summed E-state index contributed by atoms with van der Waals surface area (Å²) in [5, 5.41) is 18.5. The largest absolute Gasteiger partial charge is 0.390 e. The summed E-state index contributed by atoms with van der Waals surface area (Å²) in [6.45, 7) is 3.80. The van der Waals surface area contributed by atoms with E-state index in [1.54, 1.807) is 12.2 Å². The Labute approximate surface area is 66.9 Å². The van der Waals surface area contributed by atoms with Gasteiger partial charge < -0.3 is 10.2 Å². The van der Waals surface area contributed by atoms with Gasteiger partial charge in [0.05, 0.1) is 12.2 Å². The predicted octanol–water partition coefficient (Wildman–Crippen LogP) is 1.00. The quantitative estimate of drug-likeness (QED) is 0.546. The molecule has 11 heavy (non-hydrogen) atoms. The van der Waals surface area contributed by atoms with E-state index in [-0.39, 0.29) is 0 Å². The van der Waals surface area contributed by atoms with Crippen LogP contribution in [0, 0.1) is 0 Å². The van der Waals surface area contributed by atoms with Gasteiger partial charge in [0, 0.05) is 0 Å². The summed E-state index contributed by atoms with van der Waals surface area (Å²) >= 11 is 0. The van der Waals surface area contributed by atoms with Crippen molar-refractivity contribution in [1.29, 1.82) is 0 Å². The molecule has 0 fully saturated rings. The molecular weight excluding hydrogens is 140 g/mol. The van der Waals surface area contributed by atoms with Gasteiger partial charge in [-0.25, -0.2) is 0 Å². The lowest BCUT2D eigenvalue weighted by molar-refractivity contribution is 0.0411. The highest BCUT2D eigenvalue weighted by atomic mass is 16.3. The molecule has 0 aromatic carbocycles. The van der Waals surface area contributed by atoms with E-state index in [1.807, 2.05) is 0 Å². The highest BCUT2D eigenvalue weighted by molar-refractivity contribution is 5.17. The van der Waals surface area contributed by atoms with Gasteiger partial charge in [0.1, 0.15) is 0 Å². The van der Waals surface area contributed by atoms with Crippen LogP contribution in [0.5, 0.6) is 0 Å². The number of hydrogen-bond donors (Lipinski definition) is 2. The zero-order chi connectivity index (χ0) is 8.27. The fraction of sp³-hybridized carbons (Fsp3) is 0.556. The Balaban J connectivity index is 2.60. The topological polar surface area (TPSA) is 40.5 Å². The smallest absolute Gasteiger partial charge is 0.0983 e. The molecule has 0 saturated heterocycles. The lowest BCUT2D eigenvalue weighted by Gasteiger charge is -2.16. The Hall–Kier alpha value is -0.600. The van der Waals surface area contributed by atoms with Crippen molar-refractivity contribution in [2.75, 3.05) is 0 Å². The summed E-state index contributed by atoms with van der Waals surface area (Å²) in [5.41, 5.74) is 1.02. The molecule has 1 aliphatic carbocycles. The Bertz CT molecular complexity index is 172. The molecule has 0 radical (unpaired) electrons. The van der Waals surface area contributed by atoms with E-state index in [2.05, 4.69) is 6.58 Å². The van der Waals surface area contributed by atoms with Crippen molar-refractivity contribution in [2.45, 2.75) is 31.5 Å². The van der Waals surface area contributed by atoms with Crippen molar-refractivity contribution in [3.8, 4) is 0 Å². The molecule has 1 aliphatic rings. The van der Waals surface area contributed by atoms with E-state index in [0.717, 1.165) is 18.4 Å². The highest BCUT2D eigenvalue weighted by Crippen LogP contribution is 2.15. The average Bonchev–Trinajstić information content (AvgIpc) is 1.98. The van der Waals surface area contributed by atoms with Crippen LogP contribution in [0.3, 0.4) is 0 Å². The third-order valence-corrected chi connectivity index (χ3v) is 1.92. The van der Waals surface area contributed by atoms with Gasteiger partial charge in [-0.1, -0.05) is 24.3 Å². The third kappa shape index (κ3) is 2.48. The fourth-order valence-corrected chi connectivity index (χ4v) is 1.16. The molecule has 0 heterocycles. The molecule has 0 spiro atoms. The van der Waals surface area contributed by atoms with Gasteiger partial charge in [-0.15, -0.1) is 0 Å². The second-order valence-corrected chi connectivity index (χ2v) is 2.97. The summed E-state index contributed by atoms with van der Waals surface area (Å²) in [5.74, 6) is 0. The molecule has 0 amide bonds. The van der Waals surface area contributed by atoms with Crippen LogP contribution in [-0.2, 0) is 0 Å². The molecule has 2 heteroatoms. The van der Waals surface area contributed by atoms with Crippen molar-refractivity contribution in [2.24, 2.45) is 0 Å². The van der Waals surface area contributed by atoms with E-state index < -0.39 is 12.2 Å². The number of aliphatic hydroxyl groups excluding tert-OH is 2. The molecule has 0 aromatic heterocycles. The van der Waals surface area contributed by atoms with Crippen LogP contribution >= 0.6 is 0 Å². The van der Waals surface area contributed by atoms with Crippen molar-refractivity contribution >= 4 is 0 Å². The van der Waals surface area contributed by atoms with E-state index in [1.165, 1.54) is 0 Å². The standard InChI is InChI=1S/C9H14O2/c1-7-3-2-4-8(10)9(11)6-5-7/h5-6,8-11H,1-4H2. The Kier molecular flexibility index (Phi) is 2.85. The maximum Gasteiger partial charge on any atom is 0.0983 e. The van der Waals surface area contributed by atoms with Crippen LogP contribution in [-0.4, -0.2) is 22.4 Å². The van der Waals surface area contributed by atoms with Crippen molar-refractivity contribution in [3.63, 3.8) is 0 Å². The zero-order valence-corrected chi connectivity index (χ0v) is 6.53. The summed E-state index contributed by atoms with van der Waals surface area (Å²) in [6.07, 6.45) is 4.55. The molecule has 62 valence electrons. The van der Waals surface area contributed by atoms with Crippen LogP contribution in [0.1, 0.15) is 19.3 Å². The van der Waals surface area contributed by atoms with Gasteiger partial charge in [-0.05, 0) is 19.3 Å². The summed E-state index contributed by atoms with van der Waals surface area (Å²) < 4.78 is 0. The first-order valence-corrected chi connectivity index (χ1v) is 3.92. The maximum absolute atomic E-state index is 9.24. The van der Waals surface area contributed by atoms with Crippen LogP contribution in [0.25, 0.3) is 0 Å². The molecule has 2 atom stereocenters. The Morgan fingerprint density at radius 1 is 1.45 bits per heavy atom. The van der Waals surface area contributed by atoms with Crippen LogP contribution in [0.4, 0.5) is 0 Å². The number of allylic oxidation sites excluding steroid dienone is 2. The maximum atomic E-state index is 9.24. The van der Waals surface area contributed by atoms with Gasteiger partial charge in [0.2, 0.25) is 0 Å². The van der Waals surface area contributed by atoms with Gasteiger partial charge in [-0.3, -0.25) is 0 Å². The molecule has 0 aromatic rings. The van der Waals surface area contributed by atoms with Crippen molar-refractivity contribution < 1.29 is 10.2 Å². The lowest BCUT2D eigenvalue weighted by Crippen LogP contribution is -2.24. The first-order valence-electron chi connectivity index (χ1n) is 3.92. The van der Waals surface area contributed by atoms with E-state index in [0.29, 0.717) is 6.42 Å². The van der Waals surface area contributed by atoms with Crippen LogP contribution < -0.4 is 0 Å². The molecule has 0 bridgehead atoms. The van der Waals surface area contributed by atoms with Gasteiger partial charge >= 0.3 is 0 Å². The van der Waals surface area contributed by atoms with Crippen molar-refractivity contribution in [3.05, 3.63) is 24.3 Å². The first kappa shape index (κ1) is 8.50. The van der Waals surface area contributed by atoms with Crippen molar-refractivity contribution in [1.82, 2.24) is 0 Å². The van der Waals surface area contributed by atoms with E-state index in [9.17, 15) is 10.2 Å². The predicted molar refractivity (Wildman–Crippen MR) is 44.1 cm³/mol. The molecule has 2 unspecified atom stereocenters. The van der Waals surface area contributed by atoms with Gasteiger partial charge in [-0.2, -0.15) is 0 Å². The van der Waals surface area contributed by atoms with Crippen LogP contribution in [0.2, 0.25) is 0 Å². The summed E-state index contributed by atoms with van der Waals surface area (Å²) in [7, 11) is 0. The molecule has 2 nitrogen and oxygen atoms in total. The Morgan fingerprint density at radius 2 is 2.18 bits per heavy atom. The second kappa shape index (κ2) is 3.69. The van der Waals surface area contributed by atoms with E-state index >= 15 is 0 Å². The minimum atomic E-state index is -0.716. The molecule has 2 N–H and O–H groups in total. The second-order valence-electron chi connectivity index (χ2n) is 2.97. The minimum absolute atomic E-state index is 0.598. The highest BCUT2D eigenvalue weighted by Gasteiger charge is 2.14. The fourth-order valence-electron chi connectivity index (χ4n) is 1.16. The zero-order valence-electron chi connectivity index (χ0n) is 6.53. The summed E-state index contributed by atoms with van der Waals surface area (Å²) in [6, 6.07) is 0. The molecular formula is C9H14O2. The lowest BCUT2D eigenvalue weighted by atomic mass is 9.99. The number of aliphatic hydroxyl groups is 2. The SMILES string of the molecule is C=C1C=CC(O)C(O)CCC1. The molecule has 0 aliphatic heterocycles. The Morgan fingerprint density at radius 3 is 2.91 bits per heavy atom. The van der Waals surface area contributed by atoms with Crippen LogP contribution in [0.15, 0.2) is 24.3 Å². The number of rotatable bonds is 0. The molecule has 0 saturated carbocycles. The normalized spacial score (nSPS) is 33.1. The first-order chi connectivity index (χ1) is 5.20. The van der Waals surface area contributed by atoms with Gasteiger partial charge in [0.25, 0.3) is 0 Å². The number of hydrogen-bond acceptors (Lipinski definition) is 2. The minimum Gasteiger partial charge on any atom is -0.390 e.